The summed E-state index contributed by atoms with van der Waals surface area (Å²) in [6.07, 6.45) is 0.555. The number of carbonyl (C=O) groups excluding carboxylic acids is 1. The molecule has 2 rings (SSSR count). The molecule has 2 atom stereocenters. The lowest BCUT2D eigenvalue weighted by Gasteiger charge is -2.41. The van der Waals surface area contributed by atoms with Gasteiger partial charge in [0.25, 0.3) is 0 Å². The van der Waals surface area contributed by atoms with Gasteiger partial charge >= 0.3 is 6.09 Å². The van der Waals surface area contributed by atoms with E-state index in [-0.39, 0.29) is 24.8 Å². The summed E-state index contributed by atoms with van der Waals surface area (Å²) in [7, 11) is 0. The fourth-order valence-corrected chi connectivity index (χ4v) is 3.91. The lowest BCUT2D eigenvalue weighted by Crippen LogP contribution is -2.57. The first-order valence-electron chi connectivity index (χ1n) is 9.55. The third kappa shape index (κ3) is 7.70. The first kappa shape index (κ1) is 22.0. The molecule has 1 saturated heterocycles. The second-order valence-electron chi connectivity index (χ2n) is 7.97. The summed E-state index contributed by atoms with van der Waals surface area (Å²) in [5.41, 5.74) is 5.77. The van der Waals surface area contributed by atoms with Crippen molar-refractivity contribution in [3.05, 3.63) is 30.3 Å². The lowest BCUT2D eigenvalue weighted by molar-refractivity contribution is -0.00467. The highest BCUT2D eigenvalue weighted by atomic mass is 32.2. The molecule has 1 heterocycles. The molecule has 1 amide bonds. The summed E-state index contributed by atoms with van der Waals surface area (Å²) in [4.78, 5) is 17.4. The number of aliphatic hydroxyl groups excluding tert-OH is 1. The molecule has 0 aromatic heterocycles. The van der Waals surface area contributed by atoms with Crippen LogP contribution in [-0.2, 0) is 4.74 Å². The van der Waals surface area contributed by atoms with Gasteiger partial charge in [-0.1, -0.05) is 18.2 Å². The number of piperazine rings is 1. The van der Waals surface area contributed by atoms with Crippen molar-refractivity contribution in [2.24, 2.45) is 5.73 Å². The second-order valence-corrected chi connectivity index (χ2v) is 9.06. The maximum atomic E-state index is 12.2. The van der Waals surface area contributed by atoms with Gasteiger partial charge in [0.15, 0.2) is 0 Å². The zero-order valence-corrected chi connectivity index (χ0v) is 17.5. The van der Waals surface area contributed by atoms with Crippen LogP contribution in [0.5, 0.6) is 0 Å². The van der Waals surface area contributed by atoms with Gasteiger partial charge in [0, 0.05) is 42.9 Å². The Bertz CT molecular complexity index is 580. The van der Waals surface area contributed by atoms with Crippen LogP contribution in [0.3, 0.4) is 0 Å². The van der Waals surface area contributed by atoms with Crippen LogP contribution in [0.15, 0.2) is 35.2 Å². The molecule has 0 bridgehead atoms. The third-order valence-electron chi connectivity index (χ3n) is 4.46. The van der Waals surface area contributed by atoms with Crippen LogP contribution in [0.2, 0.25) is 0 Å². The van der Waals surface area contributed by atoms with Crippen molar-refractivity contribution in [2.75, 3.05) is 38.5 Å². The SMILES string of the molecule is CC(C)(C)OC(=O)N1CCN(CC[C@@H](N)CSc2ccccc2)[C@H](CO)C1. The van der Waals surface area contributed by atoms with Gasteiger partial charge in [-0.2, -0.15) is 0 Å². The molecule has 27 heavy (non-hydrogen) atoms. The molecular weight excluding hydrogens is 362 g/mol. The lowest BCUT2D eigenvalue weighted by atomic mass is 10.1. The van der Waals surface area contributed by atoms with Crippen molar-refractivity contribution in [1.82, 2.24) is 9.80 Å². The Morgan fingerprint density at radius 3 is 2.67 bits per heavy atom. The van der Waals surface area contributed by atoms with Gasteiger partial charge < -0.3 is 20.5 Å². The van der Waals surface area contributed by atoms with E-state index in [9.17, 15) is 9.90 Å². The van der Waals surface area contributed by atoms with E-state index in [2.05, 4.69) is 17.0 Å². The zero-order valence-electron chi connectivity index (χ0n) is 16.6. The molecule has 6 nitrogen and oxygen atoms in total. The van der Waals surface area contributed by atoms with E-state index in [4.69, 9.17) is 10.5 Å². The van der Waals surface area contributed by atoms with Gasteiger partial charge in [-0.3, -0.25) is 4.90 Å². The van der Waals surface area contributed by atoms with Gasteiger partial charge in [-0.05, 0) is 39.3 Å². The number of amides is 1. The number of nitrogens with zero attached hydrogens (tertiary/aromatic N) is 2. The highest BCUT2D eigenvalue weighted by Gasteiger charge is 2.31. The van der Waals surface area contributed by atoms with E-state index in [0.29, 0.717) is 13.1 Å². The molecular formula is C20H33N3O3S. The summed E-state index contributed by atoms with van der Waals surface area (Å²) in [6, 6.07) is 10.3. The molecule has 152 valence electrons. The fraction of sp³-hybridized carbons (Fsp3) is 0.650. The summed E-state index contributed by atoms with van der Waals surface area (Å²) in [5.74, 6) is 0.867. The van der Waals surface area contributed by atoms with Crippen LogP contribution in [0.1, 0.15) is 27.2 Å². The number of rotatable bonds is 7. The van der Waals surface area contributed by atoms with E-state index < -0.39 is 5.60 Å². The molecule has 1 aliphatic rings. The minimum absolute atomic E-state index is 0.0211. The predicted molar refractivity (Wildman–Crippen MR) is 110 cm³/mol. The van der Waals surface area contributed by atoms with Crippen LogP contribution in [0.4, 0.5) is 4.79 Å². The third-order valence-corrected chi connectivity index (χ3v) is 5.66. The Morgan fingerprint density at radius 2 is 2.04 bits per heavy atom. The smallest absolute Gasteiger partial charge is 0.410 e. The summed E-state index contributed by atoms with van der Waals surface area (Å²) in [5, 5.41) is 9.76. The normalized spacial score (nSPS) is 19.7. The average molecular weight is 396 g/mol. The summed E-state index contributed by atoms with van der Waals surface area (Å²) < 4.78 is 5.44. The predicted octanol–water partition coefficient (Wildman–Crippen LogP) is 2.41. The van der Waals surface area contributed by atoms with Gasteiger partial charge in [0.2, 0.25) is 0 Å². The zero-order chi connectivity index (χ0) is 19.9. The number of benzene rings is 1. The molecule has 0 radical (unpaired) electrons. The molecule has 1 fully saturated rings. The summed E-state index contributed by atoms with van der Waals surface area (Å²) in [6.45, 7) is 8.25. The Balaban J connectivity index is 1.75. The monoisotopic (exact) mass is 395 g/mol. The van der Waals surface area contributed by atoms with Crippen LogP contribution >= 0.6 is 11.8 Å². The molecule has 0 aliphatic carbocycles. The van der Waals surface area contributed by atoms with Gasteiger partial charge in [-0.25, -0.2) is 4.79 Å². The number of aliphatic hydroxyl groups is 1. The first-order valence-corrected chi connectivity index (χ1v) is 10.5. The van der Waals surface area contributed by atoms with Crippen molar-refractivity contribution in [3.8, 4) is 0 Å². The van der Waals surface area contributed by atoms with Gasteiger partial charge in [0.1, 0.15) is 5.60 Å². The number of nitrogens with two attached hydrogens (primary N) is 1. The van der Waals surface area contributed by atoms with E-state index in [1.54, 1.807) is 16.7 Å². The van der Waals surface area contributed by atoms with E-state index >= 15 is 0 Å². The maximum Gasteiger partial charge on any atom is 0.410 e. The summed E-state index contributed by atoms with van der Waals surface area (Å²) >= 11 is 1.77. The Hall–Kier alpha value is -1.28. The molecule has 0 spiro atoms. The van der Waals surface area contributed by atoms with E-state index in [1.165, 1.54) is 4.90 Å². The van der Waals surface area contributed by atoms with Crippen molar-refractivity contribution in [2.45, 2.75) is 49.8 Å². The Kier molecular flexibility index (Phi) is 8.41. The average Bonchev–Trinajstić information content (AvgIpc) is 2.64. The van der Waals surface area contributed by atoms with Crippen molar-refractivity contribution in [3.63, 3.8) is 0 Å². The van der Waals surface area contributed by atoms with Crippen LogP contribution in [-0.4, -0.2) is 77.2 Å². The maximum absolute atomic E-state index is 12.2. The van der Waals surface area contributed by atoms with Crippen molar-refractivity contribution in [1.29, 1.82) is 0 Å². The number of ether oxygens (including phenoxy) is 1. The topological polar surface area (TPSA) is 79.0 Å². The Morgan fingerprint density at radius 1 is 1.33 bits per heavy atom. The van der Waals surface area contributed by atoms with Crippen LogP contribution < -0.4 is 5.73 Å². The van der Waals surface area contributed by atoms with Crippen LogP contribution in [0, 0.1) is 0 Å². The minimum atomic E-state index is -0.508. The second kappa shape index (κ2) is 10.3. The number of hydrogen-bond acceptors (Lipinski definition) is 6. The first-order chi connectivity index (χ1) is 12.8. The van der Waals surface area contributed by atoms with Crippen molar-refractivity contribution >= 4 is 17.9 Å². The highest BCUT2D eigenvalue weighted by Crippen LogP contribution is 2.19. The quantitative estimate of drug-likeness (QED) is 0.690. The van der Waals surface area contributed by atoms with Crippen molar-refractivity contribution < 1.29 is 14.6 Å². The molecule has 3 N–H and O–H groups in total. The Labute approximate surface area is 167 Å². The largest absolute Gasteiger partial charge is 0.444 e. The van der Waals surface area contributed by atoms with Gasteiger partial charge in [0.05, 0.1) is 12.6 Å². The highest BCUT2D eigenvalue weighted by molar-refractivity contribution is 7.99. The molecule has 7 heteroatoms. The van der Waals surface area contributed by atoms with Crippen LogP contribution in [0.25, 0.3) is 0 Å². The molecule has 1 aromatic rings. The van der Waals surface area contributed by atoms with E-state index in [0.717, 1.165) is 25.3 Å². The standard InChI is InChI=1S/C20H33N3O3S/c1-20(2,3)26-19(25)23-12-11-22(17(13-23)14-24)10-9-16(21)15-27-18-7-5-4-6-8-18/h4-8,16-17,24H,9-15,21H2,1-3H3/t16-,17+/m1/s1. The minimum Gasteiger partial charge on any atom is -0.444 e. The van der Waals surface area contributed by atoms with Gasteiger partial charge in [-0.15, -0.1) is 11.8 Å². The molecule has 1 aliphatic heterocycles. The number of hydrogen-bond donors (Lipinski definition) is 2. The van der Waals surface area contributed by atoms with E-state index in [1.807, 2.05) is 39.0 Å². The molecule has 0 unspecified atom stereocenters. The number of carbonyl (C=O) groups is 1. The molecule has 0 saturated carbocycles. The fourth-order valence-electron chi connectivity index (χ4n) is 2.99. The number of thioether (sulfide) groups is 1. The molecule has 1 aromatic carbocycles.